The van der Waals surface area contributed by atoms with E-state index in [0.717, 1.165) is 24.0 Å². The summed E-state index contributed by atoms with van der Waals surface area (Å²) in [7, 11) is 0. The van der Waals surface area contributed by atoms with Crippen LogP contribution in [0.15, 0.2) is 18.2 Å². The van der Waals surface area contributed by atoms with Gasteiger partial charge in [-0.3, -0.25) is 4.79 Å². The minimum Gasteiger partial charge on any atom is -0.480 e. The molecule has 1 aromatic carbocycles. The fraction of sp³-hybridized carbons (Fsp3) is 0.529. The molecule has 0 bridgehead atoms. The van der Waals surface area contributed by atoms with Gasteiger partial charge in [-0.2, -0.15) is 0 Å². The molecule has 0 saturated heterocycles. The van der Waals surface area contributed by atoms with Crippen LogP contribution in [0.3, 0.4) is 0 Å². The largest absolute Gasteiger partial charge is 0.480 e. The molecule has 1 amide bonds. The Labute approximate surface area is 125 Å². The van der Waals surface area contributed by atoms with Crippen LogP contribution in [0.5, 0.6) is 0 Å². The Bertz CT molecular complexity index is 537. The van der Waals surface area contributed by atoms with Crippen LogP contribution in [0.2, 0.25) is 0 Å². The number of hydrogen-bond acceptors (Lipinski definition) is 2. The molecule has 1 saturated carbocycles. The summed E-state index contributed by atoms with van der Waals surface area (Å²) >= 11 is 0. The first-order valence-corrected chi connectivity index (χ1v) is 7.46. The minimum atomic E-state index is -1.11. The number of benzene rings is 1. The number of nitrogens with one attached hydrogen (secondary N) is 1. The van der Waals surface area contributed by atoms with Gasteiger partial charge in [-0.1, -0.05) is 24.1 Å². The number of carboxylic acid groups (broad SMARTS) is 1. The van der Waals surface area contributed by atoms with Crippen molar-refractivity contribution in [1.29, 1.82) is 0 Å². The molecule has 0 atom stereocenters. The van der Waals surface area contributed by atoms with Crippen molar-refractivity contribution in [3.63, 3.8) is 0 Å². The molecule has 1 aliphatic carbocycles. The number of carboxylic acids is 1. The highest BCUT2D eigenvalue weighted by atomic mass is 16.4. The molecule has 0 unspecified atom stereocenters. The Morgan fingerprint density at radius 3 is 2.14 bits per heavy atom. The zero-order chi connectivity index (χ0) is 15.6. The van der Waals surface area contributed by atoms with E-state index in [1.165, 1.54) is 0 Å². The topological polar surface area (TPSA) is 66.4 Å². The molecule has 4 heteroatoms. The maximum absolute atomic E-state index is 12.4. The summed E-state index contributed by atoms with van der Waals surface area (Å²) in [6.07, 6.45) is 2.67. The summed E-state index contributed by atoms with van der Waals surface area (Å²) in [5, 5.41) is 12.3. The number of rotatable bonds is 3. The molecule has 1 aliphatic rings. The molecule has 2 N–H and O–H groups in total. The maximum Gasteiger partial charge on any atom is 0.329 e. The minimum absolute atomic E-state index is 0.293. The molecule has 0 aliphatic heterocycles. The van der Waals surface area contributed by atoms with E-state index in [2.05, 4.69) is 12.2 Å². The van der Waals surface area contributed by atoms with Crippen molar-refractivity contribution >= 4 is 11.9 Å². The molecule has 0 radical (unpaired) electrons. The Morgan fingerprint density at radius 1 is 1.14 bits per heavy atom. The van der Waals surface area contributed by atoms with E-state index in [1.807, 2.05) is 19.9 Å². The third kappa shape index (κ3) is 3.43. The van der Waals surface area contributed by atoms with Crippen LogP contribution in [-0.4, -0.2) is 22.5 Å². The maximum atomic E-state index is 12.4. The van der Waals surface area contributed by atoms with Crippen molar-refractivity contribution in [3.05, 3.63) is 34.9 Å². The number of amides is 1. The molecule has 2 rings (SSSR count). The van der Waals surface area contributed by atoms with Gasteiger partial charge < -0.3 is 10.4 Å². The molecule has 0 aromatic heterocycles. The van der Waals surface area contributed by atoms with Gasteiger partial charge in [0.15, 0.2) is 0 Å². The Kier molecular flexibility index (Phi) is 4.35. The second-order valence-electron chi connectivity index (χ2n) is 6.40. The standard InChI is InChI=1S/C17H23NO3/c1-11-4-6-17(7-5-11,16(20)21)18-15(19)14-9-12(2)8-13(3)10-14/h8-11H,4-7H2,1-3H3,(H,18,19)(H,20,21). The van der Waals surface area contributed by atoms with Gasteiger partial charge in [0.25, 0.3) is 5.91 Å². The molecule has 21 heavy (non-hydrogen) atoms. The van der Waals surface area contributed by atoms with Crippen molar-refractivity contribution in [3.8, 4) is 0 Å². The molecule has 1 fully saturated rings. The molecule has 0 spiro atoms. The summed E-state index contributed by atoms with van der Waals surface area (Å²) < 4.78 is 0. The van der Waals surface area contributed by atoms with Gasteiger partial charge >= 0.3 is 5.97 Å². The SMILES string of the molecule is Cc1cc(C)cc(C(=O)NC2(C(=O)O)CCC(C)CC2)c1. The van der Waals surface area contributed by atoms with E-state index in [1.54, 1.807) is 12.1 Å². The van der Waals surface area contributed by atoms with Gasteiger partial charge in [-0.05, 0) is 57.6 Å². The number of hydrogen-bond donors (Lipinski definition) is 2. The number of carbonyl (C=O) groups is 2. The average molecular weight is 289 g/mol. The highest BCUT2D eigenvalue weighted by Crippen LogP contribution is 2.32. The van der Waals surface area contributed by atoms with Gasteiger partial charge in [0.1, 0.15) is 5.54 Å². The Hall–Kier alpha value is -1.84. The van der Waals surface area contributed by atoms with Crippen molar-refractivity contribution < 1.29 is 14.7 Å². The lowest BCUT2D eigenvalue weighted by molar-refractivity contribution is -0.146. The number of carbonyl (C=O) groups excluding carboxylic acids is 1. The normalized spacial score (nSPS) is 25.4. The van der Waals surface area contributed by atoms with Gasteiger partial charge in [0.2, 0.25) is 0 Å². The zero-order valence-electron chi connectivity index (χ0n) is 12.9. The summed E-state index contributed by atoms with van der Waals surface area (Å²) in [6.45, 7) is 5.98. The van der Waals surface area contributed by atoms with Crippen molar-refractivity contribution in [2.75, 3.05) is 0 Å². The lowest BCUT2D eigenvalue weighted by Gasteiger charge is -2.36. The molecule has 114 valence electrons. The predicted molar refractivity (Wildman–Crippen MR) is 81.4 cm³/mol. The van der Waals surface area contributed by atoms with Gasteiger partial charge in [0.05, 0.1) is 0 Å². The zero-order valence-corrected chi connectivity index (χ0v) is 12.9. The number of aliphatic carboxylic acids is 1. The monoisotopic (exact) mass is 289 g/mol. The van der Waals surface area contributed by atoms with Crippen LogP contribution < -0.4 is 5.32 Å². The fourth-order valence-electron chi connectivity index (χ4n) is 3.04. The van der Waals surface area contributed by atoms with E-state index in [0.29, 0.717) is 24.3 Å². The summed E-state index contributed by atoms with van der Waals surface area (Å²) in [6, 6.07) is 5.58. The second kappa shape index (κ2) is 5.88. The lowest BCUT2D eigenvalue weighted by atomic mass is 9.77. The first-order valence-electron chi connectivity index (χ1n) is 7.46. The van der Waals surface area contributed by atoms with E-state index in [-0.39, 0.29) is 5.91 Å². The van der Waals surface area contributed by atoms with Crippen LogP contribution >= 0.6 is 0 Å². The van der Waals surface area contributed by atoms with Crippen LogP contribution in [0.25, 0.3) is 0 Å². The summed E-state index contributed by atoms with van der Waals surface area (Å²) in [5.74, 6) is -0.693. The van der Waals surface area contributed by atoms with Crippen molar-refractivity contribution in [2.45, 2.75) is 52.0 Å². The van der Waals surface area contributed by atoms with E-state index >= 15 is 0 Å². The Morgan fingerprint density at radius 2 is 1.67 bits per heavy atom. The highest BCUT2D eigenvalue weighted by molar-refractivity contribution is 5.98. The van der Waals surface area contributed by atoms with Gasteiger partial charge in [-0.15, -0.1) is 0 Å². The average Bonchev–Trinajstić information content (AvgIpc) is 2.40. The van der Waals surface area contributed by atoms with Crippen LogP contribution in [0.1, 0.15) is 54.1 Å². The quantitative estimate of drug-likeness (QED) is 0.898. The summed E-state index contributed by atoms with van der Waals surface area (Å²) in [4.78, 5) is 24.1. The second-order valence-corrected chi connectivity index (χ2v) is 6.40. The molecule has 4 nitrogen and oxygen atoms in total. The number of aryl methyl sites for hydroxylation is 2. The van der Waals surface area contributed by atoms with E-state index in [4.69, 9.17) is 0 Å². The van der Waals surface area contributed by atoms with E-state index < -0.39 is 11.5 Å². The molecular weight excluding hydrogens is 266 g/mol. The van der Waals surface area contributed by atoms with Crippen molar-refractivity contribution in [1.82, 2.24) is 5.32 Å². The van der Waals surface area contributed by atoms with Crippen LogP contribution in [0, 0.1) is 19.8 Å². The van der Waals surface area contributed by atoms with Gasteiger partial charge in [-0.25, -0.2) is 4.79 Å². The molecule has 1 aromatic rings. The first kappa shape index (κ1) is 15.5. The lowest BCUT2D eigenvalue weighted by Crippen LogP contribution is -2.56. The van der Waals surface area contributed by atoms with Crippen LogP contribution in [0.4, 0.5) is 0 Å². The Balaban J connectivity index is 2.21. The van der Waals surface area contributed by atoms with Crippen LogP contribution in [-0.2, 0) is 4.79 Å². The van der Waals surface area contributed by atoms with Gasteiger partial charge in [0, 0.05) is 5.56 Å². The third-order valence-electron chi connectivity index (χ3n) is 4.37. The first-order chi connectivity index (χ1) is 9.82. The highest BCUT2D eigenvalue weighted by Gasteiger charge is 2.42. The predicted octanol–water partition coefficient (Wildman–Crippen LogP) is 3.07. The fourth-order valence-corrected chi connectivity index (χ4v) is 3.04. The summed E-state index contributed by atoms with van der Waals surface area (Å²) in [5.41, 5.74) is 1.43. The smallest absolute Gasteiger partial charge is 0.329 e. The third-order valence-corrected chi connectivity index (χ3v) is 4.37. The molecular formula is C17H23NO3. The van der Waals surface area contributed by atoms with E-state index in [9.17, 15) is 14.7 Å². The van der Waals surface area contributed by atoms with Crippen molar-refractivity contribution in [2.24, 2.45) is 5.92 Å². The molecule has 0 heterocycles.